The molecule has 3 amide bonds. The van der Waals surface area contributed by atoms with E-state index in [1.165, 1.54) is 6.42 Å². The number of morpholine rings is 1. The smallest absolute Gasteiger partial charge is 0.254 e. The number of nitrogens with one attached hydrogen (secondary N) is 2. The number of piperidine rings is 1. The van der Waals surface area contributed by atoms with Crippen molar-refractivity contribution in [1.29, 1.82) is 0 Å². The number of carbonyl (C=O) groups excluding carboxylic acids is 3. The maximum atomic E-state index is 12.8. The molecule has 1 saturated carbocycles. The molecule has 3 aliphatic rings. The Labute approximate surface area is 229 Å². The van der Waals surface area contributed by atoms with E-state index in [0.717, 1.165) is 50.9 Å². The number of nitrogens with two attached hydrogens (primary N) is 1. The Morgan fingerprint density at radius 3 is 2.36 bits per heavy atom. The SMILES string of the molecule is NC(=O)c1ccc(N2CCC[C@@H](NC(=O)C3CCCCC3)C2)nc1Nc1ccc(C(=O)N2CCOCC2)cc1. The van der Waals surface area contributed by atoms with E-state index in [1.807, 2.05) is 0 Å². The van der Waals surface area contributed by atoms with Crippen molar-refractivity contribution in [1.82, 2.24) is 15.2 Å². The number of hydrogen-bond acceptors (Lipinski definition) is 7. The number of primary amides is 1. The van der Waals surface area contributed by atoms with Crippen LogP contribution in [-0.4, -0.2) is 73.0 Å². The molecule has 4 N–H and O–H groups in total. The lowest BCUT2D eigenvalue weighted by atomic mass is 9.88. The number of aromatic nitrogens is 1. The maximum Gasteiger partial charge on any atom is 0.254 e. The van der Waals surface area contributed by atoms with Crippen LogP contribution >= 0.6 is 0 Å². The number of hydrogen-bond donors (Lipinski definition) is 3. The number of amides is 3. The van der Waals surface area contributed by atoms with Crippen LogP contribution in [0.2, 0.25) is 0 Å². The zero-order chi connectivity index (χ0) is 27.2. The van der Waals surface area contributed by atoms with Gasteiger partial charge >= 0.3 is 0 Å². The fourth-order valence-corrected chi connectivity index (χ4v) is 5.69. The van der Waals surface area contributed by atoms with Gasteiger partial charge in [-0.2, -0.15) is 0 Å². The minimum absolute atomic E-state index is 0.0296. The van der Waals surface area contributed by atoms with E-state index in [-0.39, 0.29) is 29.3 Å². The molecule has 1 aromatic carbocycles. The highest BCUT2D eigenvalue weighted by atomic mass is 16.5. The molecular formula is C29H38N6O4. The normalized spacial score (nSPS) is 20.4. The average Bonchev–Trinajstić information content (AvgIpc) is 2.98. The Morgan fingerprint density at radius 1 is 0.897 bits per heavy atom. The Bertz CT molecular complexity index is 1170. The van der Waals surface area contributed by atoms with E-state index in [1.54, 1.807) is 41.3 Å². The Balaban J connectivity index is 1.26. The van der Waals surface area contributed by atoms with E-state index < -0.39 is 5.91 Å². The van der Waals surface area contributed by atoms with Gasteiger partial charge in [0.1, 0.15) is 11.6 Å². The first-order chi connectivity index (χ1) is 19.0. The third-order valence-corrected chi connectivity index (χ3v) is 7.91. The lowest BCUT2D eigenvalue weighted by Crippen LogP contribution is -2.49. The molecule has 0 bridgehead atoms. The van der Waals surface area contributed by atoms with Gasteiger partial charge < -0.3 is 30.9 Å². The van der Waals surface area contributed by atoms with Crippen molar-refractivity contribution in [3.05, 3.63) is 47.5 Å². The van der Waals surface area contributed by atoms with Crippen LogP contribution in [0.25, 0.3) is 0 Å². The molecule has 2 saturated heterocycles. The third-order valence-electron chi connectivity index (χ3n) is 7.91. The quantitative estimate of drug-likeness (QED) is 0.498. The number of ether oxygens (including phenoxy) is 1. The predicted molar refractivity (Wildman–Crippen MR) is 149 cm³/mol. The van der Waals surface area contributed by atoms with Gasteiger partial charge in [-0.05, 0) is 62.1 Å². The number of pyridine rings is 1. The number of benzene rings is 1. The summed E-state index contributed by atoms with van der Waals surface area (Å²) in [4.78, 5) is 46.4. The fourth-order valence-electron chi connectivity index (χ4n) is 5.69. The molecule has 0 unspecified atom stereocenters. The average molecular weight is 535 g/mol. The standard InChI is InChI=1S/C29H38N6O4/c30-26(36)24-12-13-25(35-14-4-7-23(19-35)32-28(37)20-5-2-1-3-6-20)33-27(24)31-22-10-8-21(9-11-22)29(38)34-15-17-39-18-16-34/h8-13,20,23H,1-7,14-19H2,(H2,30,36)(H,31,33)(H,32,37)/t23-/m1/s1. The predicted octanol–water partition coefficient (Wildman–Crippen LogP) is 3.06. The highest BCUT2D eigenvalue weighted by molar-refractivity contribution is 5.99. The van der Waals surface area contributed by atoms with Crippen LogP contribution in [0.5, 0.6) is 0 Å². The fraction of sp³-hybridized carbons (Fsp3) is 0.517. The van der Waals surface area contributed by atoms with Gasteiger partial charge in [0.2, 0.25) is 5.91 Å². The van der Waals surface area contributed by atoms with Gasteiger partial charge in [-0.3, -0.25) is 14.4 Å². The first-order valence-electron chi connectivity index (χ1n) is 14.1. The molecule has 5 rings (SSSR count). The summed E-state index contributed by atoms with van der Waals surface area (Å²) in [7, 11) is 0. The largest absolute Gasteiger partial charge is 0.378 e. The van der Waals surface area contributed by atoms with E-state index in [0.29, 0.717) is 49.9 Å². The van der Waals surface area contributed by atoms with Gasteiger partial charge in [0.05, 0.1) is 18.8 Å². The van der Waals surface area contributed by atoms with Gasteiger partial charge in [-0.1, -0.05) is 19.3 Å². The van der Waals surface area contributed by atoms with Crippen LogP contribution in [0.3, 0.4) is 0 Å². The Kier molecular flexibility index (Phi) is 8.61. The second-order valence-corrected chi connectivity index (χ2v) is 10.7. The van der Waals surface area contributed by atoms with E-state index >= 15 is 0 Å². The molecule has 2 aliphatic heterocycles. The second kappa shape index (κ2) is 12.5. The number of rotatable bonds is 7. The molecule has 1 aromatic heterocycles. The topological polar surface area (TPSA) is 130 Å². The summed E-state index contributed by atoms with van der Waals surface area (Å²) in [6.07, 6.45) is 7.33. The minimum Gasteiger partial charge on any atom is -0.378 e. The first kappa shape index (κ1) is 26.9. The van der Waals surface area contributed by atoms with Crippen LogP contribution in [0.4, 0.5) is 17.3 Å². The summed E-state index contributed by atoms with van der Waals surface area (Å²) < 4.78 is 5.33. The Morgan fingerprint density at radius 2 is 1.64 bits per heavy atom. The minimum atomic E-state index is -0.577. The summed E-state index contributed by atoms with van der Waals surface area (Å²) in [5.74, 6) is 0.786. The van der Waals surface area contributed by atoms with Crippen LogP contribution < -0.4 is 21.3 Å². The summed E-state index contributed by atoms with van der Waals surface area (Å²) in [5.41, 5.74) is 7.22. The molecular weight excluding hydrogens is 496 g/mol. The van der Waals surface area contributed by atoms with Crippen molar-refractivity contribution in [2.24, 2.45) is 11.7 Å². The second-order valence-electron chi connectivity index (χ2n) is 10.7. The molecule has 10 heteroatoms. The monoisotopic (exact) mass is 534 g/mol. The summed E-state index contributed by atoms with van der Waals surface area (Å²) in [6.45, 7) is 3.75. The zero-order valence-corrected chi connectivity index (χ0v) is 22.4. The third kappa shape index (κ3) is 6.68. The molecule has 208 valence electrons. The van der Waals surface area contributed by atoms with Crippen molar-refractivity contribution in [2.45, 2.75) is 51.0 Å². The zero-order valence-electron chi connectivity index (χ0n) is 22.4. The first-order valence-corrected chi connectivity index (χ1v) is 14.1. The molecule has 39 heavy (non-hydrogen) atoms. The number of carbonyl (C=O) groups is 3. The molecule has 0 spiro atoms. The molecule has 0 radical (unpaired) electrons. The van der Waals surface area contributed by atoms with Crippen molar-refractivity contribution < 1.29 is 19.1 Å². The summed E-state index contributed by atoms with van der Waals surface area (Å²) in [6, 6.07) is 10.7. The van der Waals surface area contributed by atoms with Crippen molar-refractivity contribution >= 4 is 35.0 Å². The van der Waals surface area contributed by atoms with Gasteiger partial charge in [0.15, 0.2) is 0 Å². The lowest BCUT2D eigenvalue weighted by Gasteiger charge is -2.35. The molecule has 2 aromatic rings. The van der Waals surface area contributed by atoms with Crippen LogP contribution in [0.1, 0.15) is 65.7 Å². The number of anilines is 3. The van der Waals surface area contributed by atoms with Crippen molar-refractivity contribution in [3.63, 3.8) is 0 Å². The van der Waals surface area contributed by atoms with Crippen molar-refractivity contribution in [3.8, 4) is 0 Å². The van der Waals surface area contributed by atoms with E-state index in [4.69, 9.17) is 15.5 Å². The molecule has 3 heterocycles. The molecule has 10 nitrogen and oxygen atoms in total. The summed E-state index contributed by atoms with van der Waals surface area (Å²) >= 11 is 0. The van der Waals surface area contributed by atoms with Gasteiger partial charge in [-0.25, -0.2) is 4.98 Å². The van der Waals surface area contributed by atoms with E-state index in [9.17, 15) is 14.4 Å². The van der Waals surface area contributed by atoms with E-state index in [2.05, 4.69) is 15.5 Å². The number of nitrogens with zero attached hydrogens (tertiary/aromatic N) is 3. The van der Waals surface area contributed by atoms with Crippen LogP contribution in [-0.2, 0) is 9.53 Å². The highest BCUT2D eigenvalue weighted by Crippen LogP contribution is 2.27. The van der Waals surface area contributed by atoms with Crippen molar-refractivity contribution in [2.75, 3.05) is 49.6 Å². The van der Waals surface area contributed by atoms with Crippen LogP contribution in [0.15, 0.2) is 36.4 Å². The molecule has 1 atom stereocenters. The van der Waals surface area contributed by atoms with Gasteiger partial charge in [-0.15, -0.1) is 0 Å². The lowest BCUT2D eigenvalue weighted by molar-refractivity contribution is -0.126. The summed E-state index contributed by atoms with van der Waals surface area (Å²) in [5, 5.41) is 6.49. The Hall–Kier alpha value is -3.66. The van der Waals surface area contributed by atoms with Gasteiger partial charge in [0.25, 0.3) is 11.8 Å². The molecule has 1 aliphatic carbocycles. The van der Waals surface area contributed by atoms with Crippen LogP contribution in [0, 0.1) is 5.92 Å². The van der Waals surface area contributed by atoms with Gasteiger partial charge in [0, 0.05) is 49.4 Å². The highest BCUT2D eigenvalue weighted by Gasteiger charge is 2.27. The molecule has 3 fully saturated rings. The maximum absolute atomic E-state index is 12.8.